The van der Waals surface area contributed by atoms with Crippen LogP contribution < -0.4 is 0 Å². The number of amides is 1. The number of likely N-dealkylation sites (tertiary alicyclic amines) is 1. The highest BCUT2D eigenvalue weighted by molar-refractivity contribution is 9.09. The Morgan fingerprint density at radius 3 is 2.17 bits per heavy atom. The van der Waals surface area contributed by atoms with Crippen molar-refractivity contribution in [3.63, 3.8) is 0 Å². The molecule has 0 spiro atoms. The maximum Gasteiger partial charge on any atom is 0.295 e. The minimum Gasteiger partial charge on any atom is -0.507 e. The van der Waals surface area contributed by atoms with E-state index in [4.69, 9.17) is 0 Å². The van der Waals surface area contributed by atoms with Crippen molar-refractivity contribution < 1.29 is 14.7 Å². The first kappa shape index (κ1) is 16.5. The van der Waals surface area contributed by atoms with Gasteiger partial charge in [0.1, 0.15) is 5.76 Å². The monoisotopic (exact) mass is 385 g/mol. The molecular weight excluding hydrogens is 370 g/mol. The normalized spacial score (nSPS) is 19.7. The number of nitrogens with zero attached hydrogens (tertiary/aromatic N) is 1. The molecule has 1 unspecified atom stereocenters. The van der Waals surface area contributed by atoms with Gasteiger partial charge in [0.25, 0.3) is 11.7 Å². The number of aliphatic hydroxyl groups is 1. The number of carbonyl (C=O) groups excluding carboxylic acids is 2. The fourth-order valence-electron chi connectivity index (χ4n) is 2.94. The molecule has 0 saturated carbocycles. The van der Waals surface area contributed by atoms with Gasteiger partial charge in [-0.25, -0.2) is 0 Å². The molecule has 1 aliphatic rings. The maximum atomic E-state index is 12.6. The summed E-state index contributed by atoms with van der Waals surface area (Å²) in [6, 6.07) is 17.5. The minimum atomic E-state index is -0.647. The van der Waals surface area contributed by atoms with Crippen LogP contribution in [-0.4, -0.2) is 33.6 Å². The third kappa shape index (κ3) is 2.87. The first-order valence-corrected chi connectivity index (χ1v) is 8.72. The van der Waals surface area contributed by atoms with E-state index in [1.807, 2.05) is 36.4 Å². The molecular formula is C19H16BrNO3. The molecule has 3 rings (SSSR count). The van der Waals surface area contributed by atoms with E-state index in [1.165, 1.54) is 4.90 Å². The van der Waals surface area contributed by atoms with Crippen molar-refractivity contribution >= 4 is 33.4 Å². The number of hydrogen-bond donors (Lipinski definition) is 1. The summed E-state index contributed by atoms with van der Waals surface area (Å²) < 4.78 is 0. The molecule has 1 amide bonds. The second-order valence-electron chi connectivity index (χ2n) is 5.46. The van der Waals surface area contributed by atoms with Gasteiger partial charge in [0.15, 0.2) is 0 Å². The zero-order chi connectivity index (χ0) is 17.1. The predicted molar refractivity (Wildman–Crippen MR) is 95.7 cm³/mol. The standard InChI is InChI=1S/C19H16BrNO3/c20-11-12-21-16(13-7-3-1-4-8-13)15(18(23)19(21)24)17(22)14-9-5-2-6-10-14/h1-10,16,22H,11-12H2/b17-15-. The summed E-state index contributed by atoms with van der Waals surface area (Å²) in [6.07, 6.45) is 0. The van der Waals surface area contributed by atoms with Gasteiger partial charge in [0, 0.05) is 17.4 Å². The molecule has 0 bridgehead atoms. The molecule has 1 saturated heterocycles. The van der Waals surface area contributed by atoms with Crippen molar-refractivity contribution in [3.05, 3.63) is 77.4 Å². The van der Waals surface area contributed by atoms with Crippen molar-refractivity contribution in [1.29, 1.82) is 0 Å². The van der Waals surface area contributed by atoms with Crippen LogP contribution in [0.1, 0.15) is 17.2 Å². The topological polar surface area (TPSA) is 57.6 Å². The van der Waals surface area contributed by atoms with Crippen LogP contribution in [0.2, 0.25) is 0 Å². The fourth-order valence-corrected chi connectivity index (χ4v) is 3.32. The van der Waals surface area contributed by atoms with Crippen molar-refractivity contribution in [1.82, 2.24) is 4.90 Å². The summed E-state index contributed by atoms with van der Waals surface area (Å²) in [5.41, 5.74) is 1.46. The van der Waals surface area contributed by atoms with Crippen LogP contribution in [0.3, 0.4) is 0 Å². The van der Waals surface area contributed by atoms with E-state index in [2.05, 4.69) is 15.9 Å². The molecule has 0 radical (unpaired) electrons. The summed E-state index contributed by atoms with van der Waals surface area (Å²) in [6.45, 7) is 0.385. The van der Waals surface area contributed by atoms with Crippen LogP contribution in [0.15, 0.2) is 66.2 Å². The highest BCUT2D eigenvalue weighted by atomic mass is 79.9. The maximum absolute atomic E-state index is 12.6. The number of aliphatic hydroxyl groups excluding tert-OH is 1. The van der Waals surface area contributed by atoms with Crippen LogP contribution in [0.4, 0.5) is 0 Å². The number of Topliss-reactive ketones (excluding diaryl/α,β-unsaturated/α-hetero) is 1. The number of halogens is 1. The van der Waals surface area contributed by atoms with Gasteiger partial charge in [-0.15, -0.1) is 0 Å². The Hall–Kier alpha value is -2.40. The molecule has 1 heterocycles. The molecule has 1 N–H and O–H groups in total. The van der Waals surface area contributed by atoms with Crippen molar-refractivity contribution in [2.45, 2.75) is 6.04 Å². The van der Waals surface area contributed by atoms with Gasteiger partial charge in [-0.2, -0.15) is 0 Å². The van der Waals surface area contributed by atoms with Crippen LogP contribution >= 0.6 is 15.9 Å². The highest BCUT2D eigenvalue weighted by Crippen LogP contribution is 2.39. The van der Waals surface area contributed by atoms with Gasteiger partial charge in [0.2, 0.25) is 0 Å². The van der Waals surface area contributed by atoms with Gasteiger partial charge in [0.05, 0.1) is 11.6 Å². The summed E-state index contributed by atoms with van der Waals surface area (Å²) in [7, 11) is 0. The summed E-state index contributed by atoms with van der Waals surface area (Å²) in [4.78, 5) is 26.5. The van der Waals surface area contributed by atoms with Gasteiger partial charge in [-0.1, -0.05) is 76.6 Å². The number of rotatable bonds is 4. The Morgan fingerprint density at radius 1 is 1.00 bits per heavy atom. The van der Waals surface area contributed by atoms with Gasteiger partial charge < -0.3 is 10.0 Å². The van der Waals surface area contributed by atoms with Crippen LogP contribution in [0.25, 0.3) is 5.76 Å². The Morgan fingerprint density at radius 2 is 1.58 bits per heavy atom. The van der Waals surface area contributed by atoms with Crippen molar-refractivity contribution in [2.75, 3.05) is 11.9 Å². The van der Waals surface area contributed by atoms with Crippen LogP contribution in [0, 0.1) is 0 Å². The zero-order valence-electron chi connectivity index (χ0n) is 12.9. The number of ketones is 1. The lowest BCUT2D eigenvalue weighted by Gasteiger charge is -2.24. The van der Waals surface area contributed by atoms with E-state index in [-0.39, 0.29) is 11.3 Å². The predicted octanol–water partition coefficient (Wildman–Crippen LogP) is 3.50. The van der Waals surface area contributed by atoms with Gasteiger partial charge >= 0.3 is 0 Å². The van der Waals surface area contributed by atoms with Gasteiger partial charge in [-0.3, -0.25) is 9.59 Å². The Labute approximate surface area is 148 Å². The van der Waals surface area contributed by atoms with Gasteiger partial charge in [-0.05, 0) is 5.56 Å². The third-order valence-electron chi connectivity index (χ3n) is 4.03. The molecule has 1 atom stereocenters. The lowest BCUT2D eigenvalue weighted by Crippen LogP contribution is -2.31. The number of benzene rings is 2. The smallest absolute Gasteiger partial charge is 0.295 e. The minimum absolute atomic E-state index is 0.137. The third-order valence-corrected chi connectivity index (χ3v) is 4.38. The molecule has 0 aliphatic carbocycles. The summed E-state index contributed by atoms with van der Waals surface area (Å²) in [5, 5.41) is 11.2. The van der Waals surface area contributed by atoms with E-state index in [9.17, 15) is 14.7 Å². The van der Waals surface area contributed by atoms with E-state index < -0.39 is 17.7 Å². The molecule has 1 fully saturated rings. The quantitative estimate of drug-likeness (QED) is 0.379. The molecule has 1 aliphatic heterocycles. The number of hydrogen-bond acceptors (Lipinski definition) is 3. The zero-order valence-corrected chi connectivity index (χ0v) is 14.4. The molecule has 24 heavy (non-hydrogen) atoms. The summed E-state index contributed by atoms with van der Waals surface area (Å²) in [5.74, 6) is -1.37. The molecule has 2 aromatic rings. The van der Waals surface area contributed by atoms with E-state index >= 15 is 0 Å². The van der Waals surface area contributed by atoms with Crippen LogP contribution in [-0.2, 0) is 9.59 Å². The summed E-state index contributed by atoms with van der Waals surface area (Å²) >= 11 is 3.33. The number of alkyl halides is 1. The molecule has 122 valence electrons. The van der Waals surface area contributed by atoms with E-state index in [1.54, 1.807) is 24.3 Å². The molecule has 2 aromatic carbocycles. The largest absolute Gasteiger partial charge is 0.507 e. The second kappa shape index (κ2) is 7.01. The average molecular weight is 386 g/mol. The Balaban J connectivity index is 2.18. The Kier molecular flexibility index (Phi) is 4.81. The SMILES string of the molecule is O=C1C(=O)N(CCBr)C(c2ccccc2)/C1=C(/O)c1ccccc1. The molecule has 4 nitrogen and oxygen atoms in total. The number of carbonyl (C=O) groups is 2. The second-order valence-corrected chi connectivity index (χ2v) is 6.25. The molecule has 0 aromatic heterocycles. The lowest BCUT2D eigenvalue weighted by molar-refractivity contribution is -0.139. The van der Waals surface area contributed by atoms with E-state index in [0.29, 0.717) is 17.4 Å². The van der Waals surface area contributed by atoms with Crippen molar-refractivity contribution in [2.24, 2.45) is 0 Å². The average Bonchev–Trinajstić information content (AvgIpc) is 2.88. The highest BCUT2D eigenvalue weighted by Gasteiger charge is 2.45. The van der Waals surface area contributed by atoms with Crippen molar-refractivity contribution in [3.8, 4) is 0 Å². The first-order valence-electron chi connectivity index (χ1n) is 7.60. The Bertz CT molecular complexity index is 787. The first-order chi connectivity index (χ1) is 11.6. The fraction of sp³-hybridized carbons (Fsp3) is 0.158. The van der Waals surface area contributed by atoms with E-state index in [0.717, 1.165) is 5.56 Å². The van der Waals surface area contributed by atoms with Crippen LogP contribution in [0.5, 0.6) is 0 Å². The lowest BCUT2D eigenvalue weighted by atomic mass is 9.95. The molecule has 5 heteroatoms.